The Balaban J connectivity index is 2.55. The Labute approximate surface area is 68.4 Å². The molecule has 0 bridgehead atoms. The largest absolute Gasteiger partial charge is 0.390 e. The van der Waals surface area contributed by atoms with Crippen molar-refractivity contribution in [3.63, 3.8) is 0 Å². The van der Waals surface area contributed by atoms with Gasteiger partial charge in [0.25, 0.3) is 0 Å². The highest BCUT2D eigenvalue weighted by Gasteiger charge is 2.04. The average Bonchev–Trinajstić information content (AvgIpc) is 2.52. The predicted octanol–water partition coefficient (Wildman–Crippen LogP) is 1.02. The van der Waals surface area contributed by atoms with Gasteiger partial charge in [-0.2, -0.15) is 0 Å². The second-order valence-corrected chi connectivity index (χ2v) is 2.15. The first-order valence-electron chi connectivity index (χ1n) is 3.42. The molecule has 0 fully saturated rings. The van der Waals surface area contributed by atoms with Gasteiger partial charge in [0.05, 0.1) is 6.61 Å². The molecule has 12 heavy (non-hydrogen) atoms. The fourth-order valence-corrected chi connectivity index (χ4v) is 0.829. The minimum absolute atomic E-state index is 0.151. The van der Waals surface area contributed by atoms with E-state index in [1.54, 1.807) is 0 Å². The highest BCUT2D eigenvalue weighted by Crippen LogP contribution is 2.07. The molecule has 0 unspecified atom stereocenters. The highest BCUT2D eigenvalue weighted by molar-refractivity contribution is 5.13. The van der Waals surface area contributed by atoms with E-state index in [1.165, 1.54) is 6.26 Å². The molecule has 0 aliphatic rings. The molecule has 0 spiro atoms. The van der Waals surface area contributed by atoms with Crippen LogP contribution < -0.4 is 0 Å². The van der Waals surface area contributed by atoms with Gasteiger partial charge in [-0.25, -0.2) is 0 Å². The van der Waals surface area contributed by atoms with Crippen LogP contribution in [-0.4, -0.2) is 16.8 Å². The third kappa shape index (κ3) is 1.98. The molecule has 0 saturated carbocycles. The van der Waals surface area contributed by atoms with Gasteiger partial charge in [-0.3, -0.25) is 0 Å². The molecule has 0 aliphatic heterocycles. The summed E-state index contributed by atoms with van der Waals surface area (Å²) in [5.74, 6) is 0. The van der Waals surface area contributed by atoms with Gasteiger partial charge in [-0.15, -0.1) is 0 Å². The van der Waals surface area contributed by atoms with Crippen LogP contribution in [0.5, 0.6) is 0 Å². The van der Waals surface area contributed by atoms with Crippen LogP contribution in [0.2, 0.25) is 0 Å². The predicted molar refractivity (Wildman–Crippen MR) is 40.1 cm³/mol. The average molecular weight is 168 g/mol. The van der Waals surface area contributed by atoms with Crippen molar-refractivity contribution in [3.05, 3.63) is 28.0 Å². The number of azide groups is 1. The summed E-state index contributed by atoms with van der Waals surface area (Å²) in [6.45, 7) is 0.201. The third-order valence-corrected chi connectivity index (χ3v) is 1.42. The van der Waals surface area contributed by atoms with Crippen LogP contribution in [0.25, 0.3) is 10.4 Å². The second kappa shape index (κ2) is 4.38. The van der Waals surface area contributed by atoms with Crippen molar-refractivity contribution in [2.45, 2.75) is 13.0 Å². The molecule has 1 aromatic heterocycles. The van der Waals surface area contributed by atoms with Gasteiger partial charge in [0, 0.05) is 17.0 Å². The molecule has 1 heterocycles. The Morgan fingerprint density at radius 2 is 2.58 bits per heavy atom. The normalized spacial score (nSPS) is 9.42. The lowest BCUT2D eigenvalue weighted by atomic mass is 10.2. The molecule has 0 aliphatic carbocycles. The minimum atomic E-state index is -0.151. The van der Waals surface area contributed by atoms with E-state index in [2.05, 4.69) is 19.7 Å². The molecule has 1 rings (SSSR count). The van der Waals surface area contributed by atoms with Crippen molar-refractivity contribution in [1.29, 1.82) is 0 Å². The molecule has 0 atom stereocenters. The van der Waals surface area contributed by atoms with E-state index < -0.39 is 0 Å². The van der Waals surface area contributed by atoms with Gasteiger partial charge in [-0.1, -0.05) is 10.3 Å². The molecular formula is C6H8N4O2. The zero-order chi connectivity index (χ0) is 8.81. The van der Waals surface area contributed by atoms with Crippen LogP contribution in [0.1, 0.15) is 11.3 Å². The first-order valence-corrected chi connectivity index (χ1v) is 3.42. The smallest absolute Gasteiger partial charge is 0.127 e. The van der Waals surface area contributed by atoms with Crippen molar-refractivity contribution >= 4 is 0 Å². The van der Waals surface area contributed by atoms with Crippen LogP contribution in [0.3, 0.4) is 0 Å². The van der Waals surface area contributed by atoms with Gasteiger partial charge >= 0.3 is 0 Å². The van der Waals surface area contributed by atoms with Crippen molar-refractivity contribution in [2.24, 2.45) is 5.11 Å². The van der Waals surface area contributed by atoms with E-state index in [0.29, 0.717) is 18.7 Å². The second-order valence-electron chi connectivity index (χ2n) is 2.15. The Morgan fingerprint density at radius 3 is 3.25 bits per heavy atom. The summed E-state index contributed by atoms with van der Waals surface area (Å²) in [7, 11) is 0. The Bertz CT molecular complexity index is 289. The quantitative estimate of drug-likeness (QED) is 0.413. The molecule has 0 saturated heterocycles. The fraction of sp³-hybridized carbons (Fsp3) is 0.500. The van der Waals surface area contributed by atoms with E-state index in [0.717, 1.165) is 5.56 Å². The van der Waals surface area contributed by atoms with Gasteiger partial charge in [0.2, 0.25) is 0 Å². The summed E-state index contributed by atoms with van der Waals surface area (Å²) in [5, 5.41) is 15.6. The van der Waals surface area contributed by atoms with Crippen LogP contribution in [0.4, 0.5) is 0 Å². The number of aliphatic hydroxyl groups excluding tert-OH is 1. The molecule has 6 nitrogen and oxygen atoms in total. The van der Waals surface area contributed by atoms with Gasteiger partial charge in [0.15, 0.2) is 0 Å². The lowest BCUT2D eigenvalue weighted by Crippen LogP contribution is -1.93. The van der Waals surface area contributed by atoms with E-state index in [1.807, 2.05) is 0 Å². The topological polar surface area (TPSA) is 95.0 Å². The molecule has 0 amide bonds. The van der Waals surface area contributed by atoms with Crippen LogP contribution >= 0.6 is 0 Å². The van der Waals surface area contributed by atoms with Gasteiger partial charge < -0.3 is 9.63 Å². The fourth-order valence-electron chi connectivity index (χ4n) is 0.829. The first kappa shape index (κ1) is 8.58. The van der Waals surface area contributed by atoms with E-state index >= 15 is 0 Å². The standard InChI is InChI=1S/C6H8N4O2/c7-10-8-2-1-5-4-12-9-6(5)3-11/h4,11H,1-3H2. The minimum Gasteiger partial charge on any atom is -0.390 e. The lowest BCUT2D eigenvalue weighted by molar-refractivity contribution is 0.266. The maximum atomic E-state index is 8.74. The molecule has 0 aromatic carbocycles. The number of nitrogens with zero attached hydrogens (tertiary/aromatic N) is 4. The molecule has 64 valence electrons. The van der Waals surface area contributed by atoms with Crippen LogP contribution in [0, 0.1) is 0 Å². The monoisotopic (exact) mass is 168 g/mol. The number of hydrogen-bond donors (Lipinski definition) is 1. The molecule has 0 radical (unpaired) electrons. The van der Waals surface area contributed by atoms with Crippen molar-refractivity contribution in [2.75, 3.05) is 6.54 Å². The zero-order valence-corrected chi connectivity index (χ0v) is 6.34. The number of hydrogen-bond acceptors (Lipinski definition) is 4. The molecule has 1 N–H and O–H groups in total. The first-order chi connectivity index (χ1) is 5.88. The SMILES string of the molecule is [N-]=[N+]=NCCc1conc1CO. The summed E-state index contributed by atoms with van der Waals surface area (Å²) in [6, 6.07) is 0. The van der Waals surface area contributed by atoms with Crippen molar-refractivity contribution in [1.82, 2.24) is 5.16 Å². The maximum Gasteiger partial charge on any atom is 0.127 e. The summed E-state index contributed by atoms with van der Waals surface area (Å²) < 4.78 is 4.62. The molecular weight excluding hydrogens is 160 g/mol. The van der Waals surface area contributed by atoms with Gasteiger partial charge in [-0.05, 0) is 12.0 Å². The van der Waals surface area contributed by atoms with E-state index in [-0.39, 0.29) is 6.61 Å². The lowest BCUT2D eigenvalue weighted by Gasteiger charge is -1.92. The van der Waals surface area contributed by atoms with Gasteiger partial charge in [0.1, 0.15) is 12.0 Å². The Morgan fingerprint density at radius 1 is 1.75 bits per heavy atom. The summed E-state index contributed by atoms with van der Waals surface area (Å²) in [6.07, 6.45) is 1.99. The Kier molecular flexibility index (Phi) is 3.13. The van der Waals surface area contributed by atoms with Crippen LogP contribution in [0.15, 0.2) is 15.9 Å². The number of aromatic nitrogens is 1. The number of aliphatic hydroxyl groups is 1. The van der Waals surface area contributed by atoms with Crippen molar-refractivity contribution in [3.8, 4) is 0 Å². The third-order valence-electron chi connectivity index (χ3n) is 1.42. The Hall–Kier alpha value is -1.52. The maximum absolute atomic E-state index is 8.74. The summed E-state index contributed by atoms with van der Waals surface area (Å²) >= 11 is 0. The van der Waals surface area contributed by atoms with Crippen molar-refractivity contribution < 1.29 is 9.63 Å². The summed E-state index contributed by atoms with van der Waals surface area (Å²) in [4.78, 5) is 2.60. The molecule has 6 heteroatoms. The summed E-state index contributed by atoms with van der Waals surface area (Å²) in [5.41, 5.74) is 9.28. The van der Waals surface area contributed by atoms with E-state index in [4.69, 9.17) is 10.6 Å². The van der Waals surface area contributed by atoms with Crippen LogP contribution in [-0.2, 0) is 13.0 Å². The zero-order valence-electron chi connectivity index (χ0n) is 6.34. The molecule has 1 aromatic rings. The number of rotatable bonds is 4. The van der Waals surface area contributed by atoms with E-state index in [9.17, 15) is 0 Å². The highest BCUT2D eigenvalue weighted by atomic mass is 16.5.